The molecule has 0 bridgehead atoms. The number of piperidine rings is 1. The molecule has 0 spiro atoms. The van der Waals surface area contributed by atoms with Gasteiger partial charge in [-0.3, -0.25) is 9.69 Å². The number of nitrogens with one attached hydrogen (secondary N) is 1. The summed E-state index contributed by atoms with van der Waals surface area (Å²) in [6.45, 7) is 3.94. The first-order chi connectivity index (χ1) is 19.9. The molecular weight excluding hydrogens is 556 g/mol. The molecule has 11 heteroatoms. The van der Waals surface area contributed by atoms with Crippen LogP contribution in [0, 0.1) is 17.7 Å². The van der Waals surface area contributed by atoms with Gasteiger partial charge in [0.1, 0.15) is 17.2 Å². The summed E-state index contributed by atoms with van der Waals surface area (Å²) in [5.74, 6) is -1.85. The summed E-state index contributed by atoms with van der Waals surface area (Å²) in [5, 5.41) is 12.1. The van der Waals surface area contributed by atoms with Crippen molar-refractivity contribution in [3.05, 3.63) is 64.5 Å². The quantitative estimate of drug-likeness (QED) is 0.387. The summed E-state index contributed by atoms with van der Waals surface area (Å²) in [5.41, 5.74) is -1.02. The number of alkyl halides is 3. The molecule has 0 radical (unpaired) electrons. The highest BCUT2D eigenvalue weighted by Crippen LogP contribution is 2.48. The Hall–Kier alpha value is -3.18. The molecule has 3 aliphatic rings. The van der Waals surface area contributed by atoms with Gasteiger partial charge in [-0.25, -0.2) is 9.18 Å². The van der Waals surface area contributed by atoms with Crippen LogP contribution in [0.4, 0.5) is 17.6 Å². The van der Waals surface area contributed by atoms with E-state index in [4.69, 9.17) is 9.47 Å². The summed E-state index contributed by atoms with van der Waals surface area (Å²) < 4.78 is 65.3. The molecule has 2 saturated heterocycles. The van der Waals surface area contributed by atoms with Gasteiger partial charge < -0.3 is 19.9 Å². The number of ether oxygens (including phenoxy) is 2. The molecule has 1 saturated carbocycles. The maximum absolute atomic E-state index is 13.9. The van der Waals surface area contributed by atoms with Gasteiger partial charge in [-0.2, -0.15) is 13.2 Å². The Morgan fingerprint density at radius 2 is 1.90 bits per heavy atom. The number of carbonyl (C=O) groups is 2. The number of amides is 1. The number of halogens is 4. The standard InChI is InChI=1S/C31H36F4N2O5/c1-18-16-37(10-8-25(18)20-3-6-27(32)26(13-20)28(38)39)23-7-9-30(42-17-23,21-4-5-21)29(40)36-15-19-11-22(31(33,34)35)14-24(12-19)41-2/h3,6,11-14,18,21,23,25H,4-5,7-10,15-17H2,1-2H3,(H,36,40)(H,38,39)/t18-,23+,25-,30-/m0/s1. The van der Waals surface area contributed by atoms with Crippen molar-refractivity contribution in [3.63, 3.8) is 0 Å². The summed E-state index contributed by atoms with van der Waals surface area (Å²) in [6, 6.07) is 7.87. The van der Waals surface area contributed by atoms with Crippen LogP contribution in [0.15, 0.2) is 36.4 Å². The molecule has 7 nitrogen and oxygen atoms in total. The lowest BCUT2D eigenvalue weighted by Crippen LogP contribution is -2.57. The third-order valence-electron chi connectivity index (χ3n) is 9.09. The largest absolute Gasteiger partial charge is 0.497 e. The highest BCUT2D eigenvalue weighted by Gasteiger charge is 2.54. The molecule has 2 aromatic carbocycles. The molecule has 42 heavy (non-hydrogen) atoms. The van der Waals surface area contributed by atoms with Crippen LogP contribution in [0.5, 0.6) is 5.75 Å². The van der Waals surface area contributed by atoms with Crippen LogP contribution < -0.4 is 10.1 Å². The Balaban J connectivity index is 1.20. The molecule has 5 rings (SSSR count). The van der Waals surface area contributed by atoms with Crippen LogP contribution in [0.2, 0.25) is 0 Å². The first-order valence-corrected chi connectivity index (χ1v) is 14.4. The molecule has 3 fully saturated rings. The molecule has 2 aromatic rings. The average Bonchev–Trinajstić information content (AvgIpc) is 3.82. The molecule has 2 aliphatic heterocycles. The third kappa shape index (κ3) is 6.27. The van der Waals surface area contributed by atoms with Crippen LogP contribution in [0.3, 0.4) is 0 Å². The van der Waals surface area contributed by atoms with Crippen molar-refractivity contribution >= 4 is 11.9 Å². The fourth-order valence-electron chi connectivity index (χ4n) is 6.62. The minimum Gasteiger partial charge on any atom is -0.497 e. The zero-order chi connectivity index (χ0) is 30.2. The van der Waals surface area contributed by atoms with Gasteiger partial charge in [0, 0.05) is 19.1 Å². The van der Waals surface area contributed by atoms with E-state index in [1.807, 2.05) is 0 Å². The van der Waals surface area contributed by atoms with Crippen molar-refractivity contribution < 1.29 is 41.7 Å². The number of nitrogens with zero attached hydrogens (tertiary/aromatic N) is 1. The second kappa shape index (κ2) is 11.8. The van der Waals surface area contributed by atoms with E-state index in [0.717, 1.165) is 56.5 Å². The van der Waals surface area contributed by atoms with Crippen molar-refractivity contribution in [2.45, 2.75) is 69.3 Å². The lowest BCUT2D eigenvalue weighted by Gasteiger charge is -2.46. The zero-order valence-corrected chi connectivity index (χ0v) is 23.7. The van der Waals surface area contributed by atoms with Crippen LogP contribution in [-0.4, -0.2) is 60.3 Å². The lowest BCUT2D eigenvalue weighted by molar-refractivity contribution is -0.166. The number of methoxy groups -OCH3 is 1. The second-order valence-electron chi connectivity index (χ2n) is 11.8. The Labute approximate surface area is 242 Å². The molecule has 0 unspecified atom stereocenters. The predicted molar refractivity (Wildman–Crippen MR) is 146 cm³/mol. The zero-order valence-electron chi connectivity index (χ0n) is 23.7. The lowest BCUT2D eigenvalue weighted by atomic mass is 9.79. The fraction of sp³-hybridized carbons (Fsp3) is 0.548. The van der Waals surface area contributed by atoms with Gasteiger partial charge in [0.2, 0.25) is 0 Å². The highest BCUT2D eigenvalue weighted by molar-refractivity contribution is 5.88. The number of carbonyl (C=O) groups excluding carboxylic acids is 1. The van der Waals surface area contributed by atoms with E-state index in [-0.39, 0.29) is 47.6 Å². The summed E-state index contributed by atoms with van der Waals surface area (Å²) in [4.78, 5) is 27.2. The van der Waals surface area contributed by atoms with Gasteiger partial charge >= 0.3 is 12.1 Å². The first kappa shape index (κ1) is 30.3. The number of aromatic carboxylic acids is 1. The minimum atomic E-state index is -4.53. The Kier molecular flexibility index (Phi) is 8.53. The Morgan fingerprint density at radius 3 is 2.50 bits per heavy atom. The SMILES string of the molecule is COc1cc(CNC(=O)[C@@]2(C3CC3)CC[C@@H](N3CC[C@H](c4ccc(F)c(C(=O)O)c4)[C@@H](C)C3)CO2)cc(C(F)(F)F)c1. The maximum atomic E-state index is 13.9. The molecule has 1 aliphatic carbocycles. The van der Waals surface area contributed by atoms with Crippen molar-refractivity contribution in [2.24, 2.45) is 11.8 Å². The van der Waals surface area contributed by atoms with Crippen molar-refractivity contribution in [1.82, 2.24) is 10.2 Å². The monoisotopic (exact) mass is 592 g/mol. The van der Waals surface area contributed by atoms with E-state index in [2.05, 4.69) is 17.1 Å². The van der Waals surface area contributed by atoms with Crippen molar-refractivity contribution in [2.75, 3.05) is 26.8 Å². The van der Waals surface area contributed by atoms with Crippen LogP contribution >= 0.6 is 0 Å². The number of hydrogen-bond acceptors (Lipinski definition) is 5. The van der Waals surface area contributed by atoms with E-state index < -0.39 is 29.1 Å². The van der Waals surface area contributed by atoms with Crippen LogP contribution in [0.1, 0.15) is 72.0 Å². The van der Waals surface area contributed by atoms with E-state index in [1.54, 1.807) is 6.07 Å². The van der Waals surface area contributed by atoms with Gasteiger partial charge in [0.15, 0.2) is 0 Å². The van der Waals surface area contributed by atoms with E-state index in [9.17, 15) is 32.3 Å². The summed E-state index contributed by atoms with van der Waals surface area (Å²) >= 11 is 0. The molecule has 1 amide bonds. The van der Waals surface area contributed by atoms with E-state index in [0.29, 0.717) is 18.6 Å². The topological polar surface area (TPSA) is 88.1 Å². The highest BCUT2D eigenvalue weighted by atomic mass is 19.4. The normalized spacial score (nSPS) is 27.0. The summed E-state index contributed by atoms with van der Waals surface area (Å²) in [7, 11) is 1.30. The molecule has 228 valence electrons. The van der Waals surface area contributed by atoms with Crippen LogP contribution in [0.25, 0.3) is 0 Å². The number of hydrogen-bond donors (Lipinski definition) is 2. The third-order valence-corrected chi connectivity index (χ3v) is 9.09. The number of benzene rings is 2. The smallest absolute Gasteiger partial charge is 0.416 e. The van der Waals surface area contributed by atoms with Gasteiger partial charge in [-0.15, -0.1) is 0 Å². The fourth-order valence-corrected chi connectivity index (χ4v) is 6.62. The van der Waals surface area contributed by atoms with Gasteiger partial charge in [0.05, 0.1) is 24.8 Å². The maximum Gasteiger partial charge on any atom is 0.416 e. The molecule has 2 heterocycles. The predicted octanol–water partition coefficient (Wildman–Crippen LogP) is 5.62. The van der Waals surface area contributed by atoms with E-state index >= 15 is 0 Å². The van der Waals surface area contributed by atoms with Crippen molar-refractivity contribution in [3.8, 4) is 5.75 Å². The summed E-state index contributed by atoms with van der Waals surface area (Å²) in [6.07, 6.45) is -0.734. The Bertz CT molecular complexity index is 1320. The number of carboxylic acid groups (broad SMARTS) is 1. The van der Waals surface area contributed by atoms with Gasteiger partial charge in [-0.1, -0.05) is 13.0 Å². The number of likely N-dealkylation sites (tertiary alicyclic amines) is 1. The molecule has 4 atom stereocenters. The number of rotatable bonds is 8. The number of carboxylic acids is 1. The molecule has 0 aromatic heterocycles. The Morgan fingerprint density at radius 1 is 1.14 bits per heavy atom. The van der Waals surface area contributed by atoms with Gasteiger partial charge in [-0.05, 0) is 97.9 Å². The average molecular weight is 593 g/mol. The second-order valence-corrected chi connectivity index (χ2v) is 11.8. The molecular formula is C31H36F4N2O5. The molecule has 2 N–H and O–H groups in total. The first-order valence-electron chi connectivity index (χ1n) is 14.4. The van der Waals surface area contributed by atoms with Crippen molar-refractivity contribution in [1.29, 1.82) is 0 Å². The van der Waals surface area contributed by atoms with Crippen LogP contribution in [-0.2, 0) is 22.3 Å². The van der Waals surface area contributed by atoms with E-state index in [1.165, 1.54) is 25.3 Å². The minimum absolute atomic E-state index is 0.0711. The van der Waals surface area contributed by atoms with Gasteiger partial charge in [0.25, 0.3) is 5.91 Å².